The average Bonchev–Trinajstić information content (AvgIpc) is 2.97. The zero-order valence-electron chi connectivity index (χ0n) is 13.0. The molecule has 0 aromatic heterocycles. The Morgan fingerprint density at radius 2 is 2.05 bits per heavy atom. The van der Waals surface area contributed by atoms with Crippen LogP contribution in [0.3, 0.4) is 0 Å². The summed E-state index contributed by atoms with van der Waals surface area (Å²) in [5, 5.41) is 3.11. The van der Waals surface area contributed by atoms with Crippen molar-refractivity contribution in [1.29, 1.82) is 0 Å². The van der Waals surface area contributed by atoms with Gasteiger partial charge in [-0.2, -0.15) is 4.31 Å². The Hall–Kier alpha value is -1.44. The van der Waals surface area contributed by atoms with Gasteiger partial charge in [-0.1, -0.05) is 18.2 Å². The summed E-state index contributed by atoms with van der Waals surface area (Å²) in [5.74, 6) is 0.311. The fourth-order valence-corrected chi connectivity index (χ4v) is 3.80. The second kappa shape index (κ2) is 7.21. The number of sulfonamides is 1. The lowest BCUT2D eigenvalue weighted by atomic mass is 10.1. The molecule has 7 heteroatoms. The highest BCUT2D eigenvalue weighted by molar-refractivity contribution is 7.89. The van der Waals surface area contributed by atoms with Gasteiger partial charge in [0, 0.05) is 20.1 Å². The van der Waals surface area contributed by atoms with Crippen LogP contribution < -0.4 is 5.32 Å². The normalized spacial score (nSPS) is 18.9. The van der Waals surface area contributed by atoms with Crippen molar-refractivity contribution >= 4 is 15.9 Å². The highest BCUT2D eigenvalue weighted by Crippen LogP contribution is 2.17. The number of hydrogen-bond donors (Lipinski definition) is 1. The average molecular weight is 325 g/mol. The van der Waals surface area contributed by atoms with Gasteiger partial charge in [0.1, 0.15) is 0 Å². The Morgan fingerprint density at radius 1 is 1.36 bits per heavy atom. The maximum absolute atomic E-state index is 12.4. The van der Waals surface area contributed by atoms with E-state index in [9.17, 15) is 13.2 Å². The quantitative estimate of drug-likeness (QED) is 0.821. The lowest BCUT2D eigenvalue weighted by Gasteiger charge is -2.21. The fourth-order valence-electron chi connectivity index (χ4n) is 2.66. The number of hydrogen-bond acceptors (Lipinski definition) is 4. The molecular formula is C15H23N3O3S. The first-order chi connectivity index (χ1) is 10.4. The van der Waals surface area contributed by atoms with Crippen LogP contribution in [0.1, 0.15) is 6.42 Å². The fraction of sp³-hybridized carbons (Fsp3) is 0.533. The minimum absolute atomic E-state index is 0.122. The SMILES string of the molecule is CNCC1CCN(C(=O)CN(C)S(=O)(=O)c2ccccc2)C1. The Kier molecular flexibility index (Phi) is 5.55. The third-order valence-corrected chi connectivity index (χ3v) is 5.76. The van der Waals surface area contributed by atoms with E-state index in [1.165, 1.54) is 19.2 Å². The van der Waals surface area contributed by atoms with Gasteiger partial charge in [-0.3, -0.25) is 4.79 Å². The van der Waals surface area contributed by atoms with Crippen LogP contribution in [0.25, 0.3) is 0 Å². The summed E-state index contributed by atoms with van der Waals surface area (Å²) in [6.07, 6.45) is 0.960. The molecule has 1 unspecified atom stereocenters. The minimum atomic E-state index is -3.61. The molecule has 1 fully saturated rings. The second-order valence-electron chi connectivity index (χ2n) is 5.63. The first kappa shape index (κ1) is 16.9. The highest BCUT2D eigenvalue weighted by atomic mass is 32.2. The predicted molar refractivity (Wildman–Crippen MR) is 84.9 cm³/mol. The largest absolute Gasteiger partial charge is 0.341 e. The Balaban J connectivity index is 1.97. The summed E-state index contributed by atoms with van der Waals surface area (Å²) >= 11 is 0. The number of likely N-dealkylation sites (tertiary alicyclic amines) is 1. The molecule has 6 nitrogen and oxygen atoms in total. The van der Waals surface area contributed by atoms with E-state index in [1.54, 1.807) is 23.1 Å². The maximum Gasteiger partial charge on any atom is 0.243 e. The van der Waals surface area contributed by atoms with Crippen molar-refractivity contribution in [2.24, 2.45) is 5.92 Å². The van der Waals surface area contributed by atoms with Crippen LogP contribution in [0.15, 0.2) is 35.2 Å². The minimum Gasteiger partial charge on any atom is -0.341 e. The third kappa shape index (κ3) is 3.85. The molecular weight excluding hydrogens is 302 g/mol. The lowest BCUT2D eigenvalue weighted by Crippen LogP contribution is -2.40. The molecule has 1 aromatic rings. The lowest BCUT2D eigenvalue weighted by molar-refractivity contribution is -0.130. The van der Waals surface area contributed by atoms with Gasteiger partial charge in [-0.05, 0) is 38.1 Å². The molecule has 1 N–H and O–H groups in total. The Labute approximate surface area is 132 Å². The van der Waals surface area contributed by atoms with Crippen molar-refractivity contribution < 1.29 is 13.2 Å². The van der Waals surface area contributed by atoms with Crippen molar-refractivity contribution in [1.82, 2.24) is 14.5 Å². The molecule has 0 aliphatic carbocycles. The molecule has 1 aliphatic rings. The highest BCUT2D eigenvalue weighted by Gasteiger charge is 2.29. The van der Waals surface area contributed by atoms with Crippen LogP contribution in [-0.2, 0) is 14.8 Å². The molecule has 0 bridgehead atoms. The van der Waals surface area contributed by atoms with Gasteiger partial charge in [0.2, 0.25) is 15.9 Å². The number of carbonyl (C=O) groups excluding carboxylic acids is 1. The van der Waals surface area contributed by atoms with Gasteiger partial charge in [0.25, 0.3) is 0 Å². The molecule has 0 saturated carbocycles. The Bertz CT molecular complexity index is 604. The van der Waals surface area contributed by atoms with Crippen LogP contribution in [0.4, 0.5) is 0 Å². The Morgan fingerprint density at radius 3 is 2.68 bits per heavy atom. The van der Waals surface area contributed by atoms with E-state index in [2.05, 4.69) is 5.32 Å². The number of nitrogens with zero attached hydrogens (tertiary/aromatic N) is 2. The first-order valence-corrected chi connectivity index (χ1v) is 8.83. The van der Waals surface area contributed by atoms with Crippen LogP contribution in [0, 0.1) is 5.92 Å². The molecule has 2 rings (SSSR count). The molecule has 0 radical (unpaired) electrons. The number of likely N-dealkylation sites (N-methyl/N-ethyl adjacent to an activating group) is 1. The van der Waals surface area contributed by atoms with E-state index >= 15 is 0 Å². The summed E-state index contributed by atoms with van der Waals surface area (Å²) in [5.41, 5.74) is 0. The standard InChI is InChI=1S/C15H23N3O3S/c1-16-10-13-8-9-18(11-13)15(19)12-17(2)22(20,21)14-6-4-3-5-7-14/h3-7,13,16H,8-12H2,1-2H3. The summed E-state index contributed by atoms with van der Waals surface area (Å²) in [7, 11) is -0.274. The smallest absolute Gasteiger partial charge is 0.243 e. The maximum atomic E-state index is 12.4. The molecule has 1 aliphatic heterocycles. The monoisotopic (exact) mass is 325 g/mol. The van der Waals surface area contributed by atoms with E-state index in [0.29, 0.717) is 19.0 Å². The summed E-state index contributed by atoms with van der Waals surface area (Å²) in [6, 6.07) is 8.18. The molecule has 1 atom stereocenters. The van der Waals surface area contributed by atoms with Gasteiger partial charge < -0.3 is 10.2 Å². The molecule has 0 spiro atoms. The zero-order valence-corrected chi connectivity index (χ0v) is 13.8. The van der Waals surface area contributed by atoms with Gasteiger partial charge in [0.05, 0.1) is 11.4 Å². The molecule has 122 valence electrons. The zero-order chi connectivity index (χ0) is 16.2. The molecule has 1 saturated heterocycles. The van der Waals surface area contributed by atoms with Crippen molar-refractivity contribution in [2.45, 2.75) is 11.3 Å². The number of rotatable bonds is 6. The topological polar surface area (TPSA) is 69.7 Å². The number of benzene rings is 1. The van der Waals surface area contributed by atoms with Crippen molar-refractivity contribution in [3.8, 4) is 0 Å². The van der Waals surface area contributed by atoms with Crippen molar-refractivity contribution in [3.63, 3.8) is 0 Å². The van der Waals surface area contributed by atoms with Crippen LogP contribution >= 0.6 is 0 Å². The number of carbonyl (C=O) groups is 1. The molecule has 1 amide bonds. The van der Waals surface area contributed by atoms with Crippen LogP contribution in [0.5, 0.6) is 0 Å². The first-order valence-electron chi connectivity index (χ1n) is 7.39. The van der Waals surface area contributed by atoms with E-state index in [1.807, 2.05) is 7.05 Å². The van der Waals surface area contributed by atoms with E-state index in [4.69, 9.17) is 0 Å². The van der Waals surface area contributed by atoms with Crippen molar-refractivity contribution in [2.75, 3.05) is 40.3 Å². The summed E-state index contributed by atoms with van der Waals surface area (Å²) in [6.45, 7) is 2.15. The summed E-state index contributed by atoms with van der Waals surface area (Å²) < 4.78 is 25.9. The van der Waals surface area contributed by atoms with E-state index < -0.39 is 10.0 Å². The van der Waals surface area contributed by atoms with E-state index in [0.717, 1.165) is 17.3 Å². The van der Waals surface area contributed by atoms with Crippen molar-refractivity contribution in [3.05, 3.63) is 30.3 Å². The third-order valence-electron chi connectivity index (χ3n) is 3.94. The van der Waals surface area contributed by atoms with Gasteiger partial charge in [-0.15, -0.1) is 0 Å². The number of amides is 1. The number of nitrogens with one attached hydrogen (secondary N) is 1. The predicted octanol–water partition coefficient (Wildman–Crippen LogP) is 0.375. The van der Waals surface area contributed by atoms with Gasteiger partial charge in [-0.25, -0.2) is 8.42 Å². The molecule has 1 aromatic carbocycles. The second-order valence-corrected chi connectivity index (χ2v) is 7.67. The molecule has 22 heavy (non-hydrogen) atoms. The van der Waals surface area contributed by atoms with E-state index in [-0.39, 0.29) is 17.3 Å². The molecule has 1 heterocycles. The van der Waals surface area contributed by atoms with Crippen LogP contribution in [0.2, 0.25) is 0 Å². The van der Waals surface area contributed by atoms with Gasteiger partial charge in [0.15, 0.2) is 0 Å². The summed E-state index contributed by atoms with van der Waals surface area (Å²) in [4.78, 5) is 14.2. The van der Waals surface area contributed by atoms with Crippen LogP contribution in [-0.4, -0.2) is 63.8 Å². The van der Waals surface area contributed by atoms with Gasteiger partial charge >= 0.3 is 0 Å².